The van der Waals surface area contributed by atoms with E-state index in [1.807, 2.05) is 38.1 Å². The van der Waals surface area contributed by atoms with E-state index in [1.165, 1.54) is 0 Å². The molecular formula is C17H22ClN3O2. The van der Waals surface area contributed by atoms with Crippen LogP contribution in [0.4, 0.5) is 4.79 Å². The average Bonchev–Trinajstić information content (AvgIpc) is 2.96. The number of aromatic nitrogens is 1. The van der Waals surface area contributed by atoms with Crippen molar-refractivity contribution in [2.24, 2.45) is 0 Å². The van der Waals surface area contributed by atoms with Gasteiger partial charge in [-0.15, -0.1) is 0 Å². The summed E-state index contributed by atoms with van der Waals surface area (Å²) in [5.41, 5.74) is 1.94. The quantitative estimate of drug-likeness (QED) is 0.899. The summed E-state index contributed by atoms with van der Waals surface area (Å²) in [6.07, 6.45) is 0. The first kappa shape index (κ1) is 17.3. The first-order chi connectivity index (χ1) is 10.9. The van der Waals surface area contributed by atoms with E-state index in [2.05, 4.69) is 17.4 Å². The van der Waals surface area contributed by atoms with Crippen molar-refractivity contribution >= 4 is 17.6 Å². The second-order valence-corrected chi connectivity index (χ2v) is 6.22. The summed E-state index contributed by atoms with van der Waals surface area (Å²) >= 11 is 5.92. The molecule has 0 aliphatic rings. The summed E-state index contributed by atoms with van der Waals surface area (Å²) in [7, 11) is 1.79. The van der Waals surface area contributed by atoms with Crippen molar-refractivity contribution in [1.29, 1.82) is 0 Å². The molecule has 5 nitrogen and oxygen atoms in total. The third-order valence-corrected chi connectivity index (χ3v) is 4.39. The highest BCUT2D eigenvalue weighted by Crippen LogP contribution is 2.23. The Balaban J connectivity index is 1.93. The van der Waals surface area contributed by atoms with E-state index in [-0.39, 0.29) is 18.0 Å². The van der Waals surface area contributed by atoms with Crippen molar-refractivity contribution in [2.45, 2.75) is 39.3 Å². The van der Waals surface area contributed by atoms with Crippen LogP contribution in [0.15, 0.2) is 34.9 Å². The van der Waals surface area contributed by atoms with Crippen molar-refractivity contribution in [1.82, 2.24) is 15.4 Å². The van der Waals surface area contributed by atoms with Gasteiger partial charge in [0.05, 0.1) is 12.2 Å². The van der Waals surface area contributed by atoms with Crippen molar-refractivity contribution in [3.63, 3.8) is 0 Å². The summed E-state index contributed by atoms with van der Waals surface area (Å²) in [5.74, 6) is 0.832. The van der Waals surface area contributed by atoms with Crippen LogP contribution in [0.1, 0.15) is 36.8 Å². The largest absolute Gasteiger partial charge is 0.359 e. The normalized spacial score (nSPS) is 13.4. The van der Waals surface area contributed by atoms with Gasteiger partial charge in [0.1, 0.15) is 0 Å². The van der Waals surface area contributed by atoms with Crippen LogP contribution in [0.5, 0.6) is 0 Å². The van der Waals surface area contributed by atoms with Gasteiger partial charge in [0, 0.05) is 30.1 Å². The molecule has 124 valence electrons. The molecule has 1 aromatic heterocycles. The molecule has 2 unspecified atom stereocenters. The summed E-state index contributed by atoms with van der Waals surface area (Å²) in [6, 6.07) is 9.41. The van der Waals surface area contributed by atoms with Gasteiger partial charge in [-0.05, 0) is 31.5 Å². The van der Waals surface area contributed by atoms with Crippen molar-refractivity contribution in [3.05, 3.63) is 52.4 Å². The predicted octanol–water partition coefficient (Wildman–Crippen LogP) is 3.97. The van der Waals surface area contributed by atoms with E-state index in [4.69, 9.17) is 16.1 Å². The predicted molar refractivity (Wildman–Crippen MR) is 90.6 cm³/mol. The Morgan fingerprint density at radius 3 is 2.57 bits per heavy atom. The molecule has 1 aromatic carbocycles. The number of halogens is 1. The minimum absolute atomic E-state index is 0.0348. The van der Waals surface area contributed by atoms with Crippen LogP contribution in [0.2, 0.25) is 5.02 Å². The minimum Gasteiger partial charge on any atom is -0.359 e. The molecule has 6 heteroatoms. The second kappa shape index (κ2) is 7.51. The molecular weight excluding hydrogens is 314 g/mol. The van der Waals surface area contributed by atoms with Gasteiger partial charge in [0.2, 0.25) is 0 Å². The number of aryl methyl sites for hydroxylation is 1. The van der Waals surface area contributed by atoms with E-state index in [1.54, 1.807) is 18.0 Å². The number of likely N-dealkylation sites (N-methyl/N-ethyl adjacent to an activating group) is 1. The Hall–Kier alpha value is -2.01. The van der Waals surface area contributed by atoms with Gasteiger partial charge < -0.3 is 14.7 Å². The zero-order chi connectivity index (χ0) is 17.0. The maximum Gasteiger partial charge on any atom is 0.317 e. The Morgan fingerprint density at radius 1 is 1.35 bits per heavy atom. The zero-order valence-electron chi connectivity index (χ0n) is 13.8. The van der Waals surface area contributed by atoms with E-state index in [0.29, 0.717) is 17.3 Å². The van der Waals surface area contributed by atoms with Crippen LogP contribution < -0.4 is 5.32 Å². The van der Waals surface area contributed by atoms with Crippen LogP contribution >= 0.6 is 11.6 Å². The average molecular weight is 336 g/mol. The highest BCUT2D eigenvalue weighted by atomic mass is 35.5. The fourth-order valence-corrected chi connectivity index (χ4v) is 2.48. The van der Waals surface area contributed by atoms with Crippen LogP contribution in [-0.4, -0.2) is 29.2 Å². The van der Waals surface area contributed by atoms with Crippen LogP contribution in [0.25, 0.3) is 0 Å². The first-order valence-electron chi connectivity index (χ1n) is 7.56. The van der Waals surface area contributed by atoms with Crippen molar-refractivity contribution in [2.75, 3.05) is 7.05 Å². The van der Waals surface area contributed by atoms with Crippen LogP contribution in [0.3, 0.4) is 0 Å². The maximum atomic E-state index is 12.3. The van der Waals surface area contributed by atoms with Crippen molar-refractivity contribution < 1.29 is 9.32 Å². The van der Waals surface area contributed by atoms with Gasteiger partial charge in [-0.25, -0.2) is 4.79 Å². The maximum absolute atomic E-state index is 12.3. The molecule has 2 amide bonds. The van der Waals surface area contributed by atoms with E-state index in [9.17, 15) is 4.79 Å². The number of rotatable bonds is 5. The molecule has 0 aliphatic heterocycles. The standard InChI is InChI=1S/C17H22ClN3O2/c1-11-9-16(23-20-11)10-19-17(22)21(4)13(3)12(2)14-5-7-15(18)8-6-14/h5-9,12-13H,10H2,1-4H3,(H,19,22). The molecule has 0 fully saturated rings. The molecule has 0 bridgehead atoms. The number of amides is 2. The topological polar surface area (TPSA) is 58.4 Å². The highest BCUT2D eigenvalue weighted by molar-refractivity contribution is 6.30. The summed E-state index contributed by atoms with van der Waals surface area (Å²) in [6.45, 7) is 6.29. The number of nitrogens with zero attached hydrogens (tertiary/aromatic N) is 2. The monoisotopic (exact) mass is 335 g/mol. The zero-order valence-corrected chi connectivity index (χ0v) is 14.6. The Labute approximate surface area is 141 Å². The summed E-state index contributed by atoms with van der Waals surface area (Å²) in [5, 5.41) is 7.35. The molecule has 2 atom stereocenters. The lowest BCUT2D eigenvalue weighted by atomic mass is 9.94. The second-order valence-electron chi connectivity index (χ2n) is 5.79. The highest BCUT2D eigenvalue weighted by Gasteiger charge is 2.22. The van der Waals surface area contributed by atoms with Crippen LogP contribution in [-0.2, 0) is 6.54 Å². The number of carbonyl (C=O) groups is 1. The van der Waals surface area contributed by atoms with Gasteiger partial charge in [0.25, 0.3) is 0 Å². The number of benzene rings is 1. The van der Waals surface area contributed by atoms with Crippen molar-refractivity contribution in [3.8, 4) is 0 Å². The van der Waals surface area contributed by atoms with E-state index < -0.39 is 0 Å². The molecule has 0 saturated carbocycles. The Bertz CT molecular complexity index is 654. The molecule has 2 rings (SSSR count). The first-order valence-corrected chi connectivity index (χ1v) is 7.94. The molecule has 0 saturated heterocycles. The smallest absolute Gasteiger partial charge is 0.317 e. The van der Waals surface area contributed by atoms with Gasteiger partial charge in [0.15, 0.2) is 5.76 Å². The summed E-state index contributed by atoms with van der Waals surface area (Å²) < 4.78 is 5.09. The third-order valence-electron chi connectivity index (χ3n) is 4.14. The molecule has 0 aliphatic carbocycles. The lowest BCUT2D eigenvalue weighted by Gasteiger charge is -2.30. The van der Waals surface area contributed by atoms with E-state index >= 15 is 0 Å². The number of hydrogen-bond acceptors (Lipinski definition) is 3. The molecule has 1 heterocycles. The van der Waals surface area contributed by atoms with Gasteiger partial charge in [-0.1, -0.05) is 35.8 Å². The van der Waals surface area contributed by atoms with Gasteiger partial charge in [-0.2, -0.15) is 0 Å². The summed E-state index contributed by atoms with van der Waals surface area (Å²) in [4.78, 5) is 14.0. The van der Waals surface area contributed by atoms with Gasteiger partial charge >= 0.3 is 6.03 Å². The molecule has 23 heavy (non-hydrogen) atoms. The van der Waals surface area contributed by atoms with E-state index in [0.717, 1.165) is 11.3 Å². The molecule has 0 radical (unpaired) electrons. The number of hydrogen-bond donors (Lipinski definition) is 1. The fourth-order valence-electron chi connectivity index (χ4n) is 2.35. The SMILES string of the molecule is Cc1cc(CNC(=O)N(C)C(C)C(C)c2ccc(Cl)cc2)on1. The number of carbonyl (C=O) groups excluding carboxylic acids is 1. The lowest BCUT2D eigenvalue weighted by Crippen LogP contribution is -2.44. The third kappa shape index (κ3) is 4.48. The Morgan fingerprint density at radius 2 is 2.00 bits per heavy atom. The Kier molecular flexibility index (Phi) is 5.66. The molecule has 0 spiro atoms. The minimum atomic E-state index is -0.146. The number of urea groups is 1. The molecule has 2 aromatic rings. The molecule has 1 N–H and O–H groups in total. The number of nitrogens with one attached hydrogen (secondary N) is 1. The lowest BCUT2D eigenvalue weighted by molar-refractivity contribution is 0.185. The fraction of sp³-hybridized carbons (Fsp3) is 0.412. The van der Waals surface area contributed by atoms with Crippen LogP contribution in [0, 0.1) is 6.92 Å². The van der Waals surface area contributed by atoms with Gasteiger partial charge in [-0.3, -0.25) is 0 Å².